The maximum Gasteiger partial charge on any atom is 0.494 e. The molecule has 5 nitrogen and oxygen atoms in total. The third-order valence-corrected chi connectivity index (χ3v) is 7.37. The fraction of sp³-hybridized carbons (Fsp3) is 0.194. The van der Waals surface area contributed by atoms with Gasteiger partial charge < -0.3 is 9.31 Å². The van der Waals surface area contributed by atoms with Gasteiger partial charge >= 0.3 is 7.12 Å². The van der Waals surface area contributed by atoms with Gasteiger partial charge in [-0.25, -0.2) is 15.0 Å². The quantitative estimate of drug-likeness (QED) is 0.279. The molecule has 5 aromatic rings. The summed E-state index contributed by atoms with van der Waals surface area (Å²) in [6.07, 6.45) is 0. The lowest BCUT2D eigenvalue weighted by Gasteiger charge is -2.32. The molecule has 4 aromatic carbocycles. The summed E-state index contributed by atoms with van der Waals surface area (Å²) in [6, 6.07) is 32.7. The Kier molecular flexibility index (Phi) is 5.66. The van der Waals surface area contributed by atoms with Crippen LogP contribution in [0.25, 0.3) is 44.9 Å². The van der Waals surface area contributed by atoms with Crippen LogP contribution in [0.4, 0.5) is 0 Å². The van der Waals surface area contributed by atoms with Gasteiger partial charge in [-0.05, 0) is 50.0 Å². The number of hydrogen-bond donors (Lipinski definition) is 0. The summed E-state index contributed by atoms with van der Waals surface area (Å²) in [5, 5.41) is 2.33. The number of nitrogens with zero attached hydrogens (tertiary/aromatic N) is 3. The normalized spacial score (nSPS) is 16.3. The third-order valence-electron chi connectivity index (χ3n) is 7.37. The predicted molar refractivity (Wildman–Crippen MR) is 149 cm³/mol. The van der Waals surface area contributed by atoms with E-state index in [9.17, 15) is 0 Å². The molecule has 37 heavy (non-hydrogen) atoms. The number of rotatable bonds is 4. The van der Waals surface area contributed by atoms with Gasteiger partial charge in [-0.15, -0.1) is 0 Å². The van der Waals surface area contributed by atoms with E-state index in [2.05, 4.69) is 58.0 Å². The number of aromatic nitrogens is 3. The molecule has 0 radical (unpaired) electrons. The molecule has 6 heteroatoms. The highest BCUT2D eigenvalue weighted by Gasteiger charge is 2.51. The lowest BCUT2D eigenvalue weighted by atomic mass is 9.79. The first-order valence-electron chi connectivity index (χ1n) is 12.6. The van der Waals surface area contributed by atoms with Gasteiger partial charge in [-0.3, -0.25) is 0 Å². The molecule has 0 N–H and O–H groups in total. The molecule has 0 unspecified atom stereocenters. The van der Waals surface area contributed by atoms with E-state index in [4.69, 9.17) is 24.3 Å². The van der Waals surface area contributed by atoms with Gasteiger partial charge in [0.1, 0.15) is 0 Å². The first-order valence-corrected chi connectivity index (χ1v) is 12.6. The molecule has 1 fully saturated rings. The van der Waals surface area contributed by atoms with Gasteiger partial charge in [-0.2, -0.15) is 0 Å². The van der Waals surface area contributed by atoms with Crippen molar-refractivity contribution in [2.45, 2.75) is 38.9 Å². The minimum Gasteiger partial charge on any atom is -0.399 e. The van der Waals surface area contributed by atoms with Crippen LogP contribution in [-0.4, -0.2) is 33.3 Å². The molecular formula is C31H28BN3O2. The summed E-state index contributed by atoms with van der Waals surface area (Å²) in [4.78, 5) is 14.6. The zero-order valence-electron chi connectivity index (χ0n) is 21.5. The Morgan fingerprint density at radius 3 is 1.62 bits per heavy atom. The molecule has 2 heterocycles. The van der Waals surface area contributed by atoms with Crippen LogP contribution in [0.3, 0.4) is 0 Å². The van der Waals surface area contributed by atoms with Crippen LogP contribution in [0, 0.1) is 0 Å². The van der Waals surface area contributed by atoms with Crippen molar-refractivity contribution in [1.29, 1.82) is 0 Å². The summed E-state index contributed by atoms with van der Waals surface area (Å²) in [7, 11) is -0.412. The first-order chi connectivity index (χ1) is 17.8. The van der Waals surface area contributed by atoms with Crippen molar-refractivity contribution in [2.75, 3.05) is 0 Å². The smallest absolute Gasteiger partial charge is 0.399 e. The SMILES string of the molecule is CC1(C)OB(c2ccc(-c3nc(-c4ccccc4)nc(-c4ccc5ccccc5c4)n3)cc2)OC1(C)C. The topological polar surface area (TPSA) is 57.1 Å². The second-order valence-corrected chi connectivity index (χ2v) is 10.4. The Bertz CT molecular complexity index is 1570. The van der Waals surface area contributed by atoms with Crippen molar-refractivity contribution >= 4 is 23.4 Å². The second kappa shape index (κ2) is 8.91. The van der Waals surface area contributed by atoms with E-state index in [1.807, 2.05) is 66.7 Å². The van der Waals surface area contributed by atoms with Crippen molar-refractivity contribution in [3.63, 3.8) is 0 Å². The lowest BCUT2D eigenvalue weighted by molar-refractivity contribution is 0.00578. The van der Waals surface area contributed by atoms with Crippen molar-refractivity contribution in [2.24, 2.45) is 0 Å². The highest BCUT2D eigenvalue weighted by Crippen LogP contribution is 2.36. The standard InChI is InChI=1S/C31H28BN3O2/c1-30(2)31(3,4)37-32(36-30)26-18-16-23(17-19-26)28-33-27(22-11-6-5-7-12-22)34-29(35-28)25-15-14-21-10-8-9-13-24(21)20-25/h5-20H,1-4H3. The largest absolute Gasteiger partial charge is 0.494 e. The minimum absolute atomic E-state index is 0.385. The zero-order valence-corrected chi connectivity index (χ0v) is 21.5. The third kappa shape index (κ3) is 4.43. The molecule has 0 spiro atoms. The molecular weight excluding hydrogens is 457 g/mol. The summed E-state index contributed by atoms with van der Waals surface area (Å²) in [5.74, 6) is 1.91. The fourth-order valence-electron chi connectivity index (χ4n) is 4.45. The Morgan fingerprint density at radius 2 is 1.00 bits per heavy atom. The van der Waals surface area contributed by atoms with E-state index < -0.39 is 7.12 Å². The summed E-state index contributed by atoms with van der Waals surface area (Å²) >= 11 is 0. The molecule has 0 atom stereocenters. The van der Waals surface area contributed by atoms with E-state index in [0.29, 0.717) is 17.5 Å². The van der Waals surface area contributed by atoms with Crippen LogP contribution in [0.15, 0.2) is 97.1 Å². The van der Waals surface area contributed by atoms with E-state index >= 15 is 0 Å². The highest BCUT2D eigenvalue weighted by molar-refractivity contribution is 6.62. The Hall–Kier alpha value is -3.87. The molecule has 1 aliphatic heterocycles. The lowest BCUT2D eigenvalue weighted by Crippen LogP contribution is -2.41. The molecule has 182 valence electrons. The number of fused-ring (bicyclic) bond motifs is 1. The van der Waals surface area contributed by atoms with Crippen molar-refractivity contribution in [3.8, 4) is 34.2 Å². The number of benzene rings is 4. The Balaban J connectivity index is 1.41. The minimum atomic E-state index is -0.412. The van der Waals surface area contributed by atoms with Crippen LogP contribution in [0.5, 0.6) is 0 Å². The van der Waals surface area contributed by atoms with Crippen molar-refractivity contribution in [3.05, 3.63) is 97.1 Å². The molecule has 1 saturated heterocycles. The van der Waals surface area contributed by atoms with E-state index in [1.165, 1.54) is 5.39 Å². The molecule has 1 aliphatic rings. The van der Waals surface area contributed by atoms with E-state index in [-0.39, 0.29) is 11.2 Å². The van der Waals surface area contributed by atoms with Gasteiger partial charge in [-0.1, -0.05) is 91.0 Å². The highest BCUT2D eigenvalue weighted by atomic mass is 16.7. The van der Waals surface area contributed by atoms with Gasteiger partial charge in [0.25, 0.3) is 0 Å². The monoisotopic (exact) mass is 485 g/mol. The molecule has 0 amide bonds. The van der Waals surface area contributed by atoms with Crippen LogP contribution in [-0.2, 0) is 9.31 Å². The van der Waals surface area contributed by atoms with Crippen LogP contribution in [0.2, 0.25) is 0 Å². The van der Waals surface area contributed by atoms with E-state index in [1.54, 1.807) is 0 Å². The van der Waals surface area contributed by atoms with Gasteiger partial charge in [0, 0.05) is 16.7 Å². The van der Waals surface area contributed by atoms with Crippen LogP contribution < -0.4 is 5.46 Å². The van der Waals surface area contributed by atoms with Gasteiger partial charge in [0.15, 0.2) is 17.5 Å². The molecule has 6 rings (SSSR count). The molecule has 0 saturated carbocycles. The van der Waals surface area contributed by atoms with Crippen LogP contribution in [0.1, 0.15) is 27.7 Å². The van der Waals surface area contributed by atoms with Crippen molar-refractivity contribution in [1.82, 2.24) is 15.0 Å². The maximum atomic E-state index is 6.22. The summed E-state index contributed by atoms with van der Waals surface area (Å²) in [5.41, 5.74) is 3.00. The second-order valence-electron chi connectivity index (χ2n) is 10.4. The molecule has 1 aromatic heterocycles. The first kappa shape index (κ1) is 23.5. The van der Waals surface area contributed by atoms with Crippen LogP contribution >= 0.6 is 0 Å². The fourth-order valence-corrected chi connectivity index (χ4v) is 4.45. The number of hydrogen-bond acceptors (Lipinski definition) is 5. The van der Waals surface area contributed by atoms with Crippen molar-refractivity contribution < 1.29 is 9.31 Å². The molecule has 0 aliphatic carbocycles. The maximum absolute atomic E-state index is 6.22. The van der Waals surface area contributed by atoms with E-state index in [0.717, 1.165) is 27.5 Å². The Morgan fingerprint density at radius 1 is 0.514 bits per heavy atom. The average Bonchev–Trinajstić information content (AvgIpc) is 3.15. The Labute approximate surface area is 217 Å². The summed E-state index contributed by atoms with van der Waals surface area (Å²) in [6.45, 7) is 8.24. The molecule has 0 bridgehead atoms. The summed E-state index contributed by atoms with van der Waals surface area (Å²) < 4.78 is 12.4. The zero-order chi connectivity index (χ0) is 25.6. The van der Waals surface area contributed by atoms with Gasteiger partial charge in [0.2, 0.25) is 0 Å². The predicted octanol–water partition coefficient (Wildman–Crippen LogP) is 6.33. The van der Waals surface area contributed by atoms with Gasteiger partial charge in [0.05, 0.1) is 11.2 Å². The average molecular weight is 485 g/mol.